The van der Waals surface area contributed by atoms with Gasteiger partial charge in [-0.1, -0.05) is 6.07 Å². The van der Waals surface area contributed by atoms with E-state index in [-0.39, 0.29) is 0 Å². The van der Waals surface area contributed by atoms with Gasteiger partial charge in [0.2, 0.25) is 0 Å². The van der Waals surface area contributed by atoms with Crippen molar-refractivity contribution in [2.45, 2.75) is 6.42 Å². The highest BCUT2D eigenvalue weighted by Gasteiger charge is 1.97. The number of hydrogen-bond donors (Lipinski definition) is 2. The van der Waals surface area contributed by atoms with Crippen LogP contribution >= 0.6 is 0 Å². The van der Waals surface area contributed by atoms with E-state index in [0.717, 1.165) is 24.5 Å². The van der Waals surface area contributed by atoms with Crippen molar-refractivity contribution >= 4 is 11.6 Å². The third kappa shape index (κ3) is 2.73. The fourth-order valence-corrected chi connectivity index (χ4v) is 1.47. The van der Waals surface area contributed by atoms with Crippen LogP contribution in [0.5, 0.6) is 0 Å². The molecule has 0 bridgehead atoms. The lowest BCUT2D eigenvalue weighted by molar-refractivity contribution is 0.742. The highest BCUT2D eigenvalue weighted by Crippen LogP contribution is 2.05. The fraction of sp³-hybridized carbons (Fsp3) is 0.273. The number of aryl methyl sites for hydroxylation is 1. The molecule has 0 aromatic carbocycles. The van der Waals surface area contributed by atoms with Gasteiger partial charge in [0.05, 0.1) is 5.69 Å². The zero-order valence-corrected chi connectivity index (χ0v) is 9.22. The van der Waals surface area contributed by atoms with Crippen LogP contribution in [-0.4, -0.2) is 21.3 Å². The minimum absolute atomic E-state index is 0.530. The predicted molar refractivity (Wildman–Crippen MR) is 64.1 cm³/mol. The van der Waals surface area contributed by atoms with E-state index in [0.29, 0.717) is 5.82 Å². The third-order valence-electron chi connectivity index (χ3n) is 2.23. The van der Waals surface area contributed by atoms with Crippen LogP contribution in [0.1, 0.15) is 5.69 Å². The van der Waals surface area contributed by atoms with Crippen LogP contribution in [0.4, 0.5) is 11.6 Å². The molecule has 0 amide bonds. The Kier molecular flexibility index (Phi) is 3.05. The van der Waals surface area contributed by atoms with Crippen LogP contribution in [0.2, 0.25) is 0 Å². The van der Waals surface area contributed by atoms with E-state index in [4.69, 9.17) is 5.73 Å². The van der Waals surface area contributed by atoms with Crippen molar-refractivity contribution in [1.29, 1.82) is 0 Å². The molecule has 2 heterocycles. The molecule has 84 valence electrons. The molecular weight excluding hydrogens is 202 g/mol. The van der Waals surface area contributed by atoms with Gasteiger partial charge in [-0.15, -0.1) is 0 Å². The molecule has 0 atom stereocenters. The molecule has 2 aromatic rings. The Balaban J connectivity index is 1.84. The summed E-state index contributed by atoms with van der Waals surface area (Å²) in [6.45, 7) is 0.799. The molecule has 5 heteroatoms. The molecule has 0 radical (unpaired) electrons. The molecule has 16 heavy (non-hydrogen) atoms. The Labute approximate surface area is 94.3 Å². The van der Waals surface area contributed by atoms with Gasteiger partial charge in [0.1, 0.15) is 11.6 Å². The average Bonchev–Trinajstić information content (AvgIpc) is 2.64. The quantitative estimate of drug-likeness (QED) is 0.803. The van der Waals surface area contributed by atoms with Gasteiger partial charge in [0.15, 0.2) is 0 Å². The van der Waals surface area contributed by atoms with Crippen LogP contribution in [-0.2, 0) is 13.5 Å². The Bertz CT molecular complexity index is 463. The van der Waals surface area contributed by atoms with E-state index in [1.54, 1.807) is 10.7 Å². The molecule has 0 spiro atoms. The summed E-state index contributed by atoms with van der Waals surface area (Å²) in [5, 5.41) is 7.49. The first kappa shape index (κ1) is 10.5. The maximum Gasteiger partial charge on any atom is 0.128 e. The largest absolute Gasteiger partial charge is 0.384 e. The number of anilines is 2. The first-order valence-electron chi connectivity index (χ1n) is 5.19. The van der Waals surface area contributed by atoms with Gasteiger partial charge in [0.25, 0.3) is 0 Å². The molecule has 0 fully saturated rings. The summed E-state index contributed by atoms with van der Waals surface area (Å²) in [4.78, 5) is 4.15. The van der Waals surface area contributed by atoms with Crippen molar-refractivity contribution < 1.29 is 0 Å². The van der Waals surface area contributed by atoms with Crippen LogP contribution < -0.4 is 11.1 Å². The summed E-state index contributed by atoms with van der Waals surface area (Å²) in [6, 6.07) is 7.55. The molecule has 2 aromatic heterocycles. The van der Waals surface area contributed by atoms with Crippen molar-refractivity contribution in [1.82, 2.24) is 14.8 Å². The third-order valence-corrected chi connectivity index (χ3v) is 2.23. The minimum Gasteiger partial charge on any atom is -0.384 e. The second-order valence-corrected chi connectivity index (χ2v) is 3.61. The van der Waals surface area contributed by atoms with E-state index in [1.165, 1.54) is 0 Å². The van der Waals surface area contributed by atoms with Gasteiger partial charge in [-0.05, 0) is 18.2 Å². The summed E-state index contributed by atoms with van der Waals surface area (Å²) >= 11 is 0. The van der Waals surface area contributed by atoms with Crippen molar-refractivity contribution in [3.8, 4) is 0 Å². The first-order valence-corrected chi connectivity index (χ1v) is 5.19. The lowest BCUT2D eigenvalue weighted by Crippen LogP contribution is -2.07. The number of nitrogens with one attached hydrogen (secondary N) is 1. The number of nitrogens with zero attached hydrogens (tertiary/aromatic N) is 3. The second-order valence-electron chi connectivity index (χ2n) is 3.61. The van der Waals surface area contributed by atoms with Crippen molar-refractivity contribution in [3.05, 3.63) is 36.2 Å². The highest BCUT2D eigenvalue weighted by atomic mass is 15.2. The summed E-state index contributed by atoms with van der Waals surface area (Å²) in [5.41, 5.74) is 6.65. The zero-order valence-electron chi connectivity index (χ0n) is 9.22. The standard InChI is InChI=1S/C11H15N5/c1-16-8-6-9(15-16)5-7-13-11-4-2-3-10(12)14-11/h2-4,6,8H,5,7H2,1H3,(H3,12,13,14). The van der Waals surface area contributed by atoms with Gasteiger partial charge in [-0.3, -0.25) is 4.68 Å². The van der Waals surface area contributed by atoms with E-state index in [1.807, 2.05) is 31.4 Å². The van der Waals surface area contributed by atoms with E-state index in [2.05, 4.69) is 15.4 Å². The number of rotatable bonds is 4. The maximum absolute atomic E-state index is 5.58. The summed E-state index contributed by atoms with van der Waals surface area (Å²) in [7, 11) is 1.91. The Morgan fingerprint density at radius 2 is 2.25 bits per heavy atom. The molecule has 5 nitrogen and oxygen atoms in total. The fourth-order valence-electron chi connectivity index (χ4n) is 1.47. The van der Waals surface area contributed by atoms with Gasteiger partial charge < -0.3 is 11.1 Å². The molecule has 0 saturated carbocycles. The molecule has 0 saturated heterocycles. The number of nitrogens with two attached hydrogens (primary N) is 1. The topological polar surface area (TPSA) is 68.8 Å². The molecule has 0 aliphatic rings. The Morgan fingerprint density at radius 3 is 2.94 bits per heavy atom. The normalized spacial score (nSPS) is 10.3. The van der Waals surface area contributed by atoms with Gasteiger partial charge in [-0.2, -0.15) is 5.10 Å². The zero-order chi connectivity index (χ0) is 11.4. The van der Waals surface area contributed by atoms with Gasteiger partial charge in [0, 0.05) is 26.2 Å². The average molecular weight is 217 g/mol. The van der Waals surface area contributed by atoms with E-state index < -0.39 is 0 Å². The molecule has 0 aliphatic carbocycles. The van der Waals surface area contributed by atoms with Crippen LogP contribution in [0.25, 0.3) is 0 Å². The monoisotopic (exact) mass is 217 g/mol. The number of aromatic nitrogens is 3. The number of hydrogen-bond acceptors (Lipinski definition) is 4. The van der Waals surface area contributed by atoms with Crippen LogP contribution in [0.3, 0.4) is 0 Å². The summed E-state index contributed by atoms with van der Waals surface area (Å²) in [6.07, 6.45) is 2.81. The minimum atomic E-state index is 0.530. The second kappa shape index (κ2) is 4.65. The van der Waals surface area contributed by atoms with E-state index >= 15 is 0 Å². The number of nitrogen functional groups attached to an aromatic ring is 1. The lowest BCUT2D eigenvalue weighted by Gasteiger charge is -2.04. The molecule has 0 unspecified atom stereocenters. The van der Waals surface area contributed by atoms with Gasteiger partial charge in [-0.25, -0.2) is 4.98 Å². The van der Waals surface area contributed by atoms with Crippen LogP contribution in [0, 0.1) is 0 Å². The van der Waals surface area contributed by atoms with Crippen molar-refractivity contribution in [2.75, 3.05) is 17.6 Å². The van der Waals surface area contributed by atoms with Crippen LogP contribution in [0.15, 0.2) is 30.5 Å². The van der Waals surface area contributed by atoms with E-state index in [9.17, 15) is 0 Å². The summed E-state index contributed by atoms with van der Waals surface area (Å²) < 4.78 is 1.80. The molecule has 3 N–H and O–H groups in total. The predicted octanol–water partition coefficient (Wildman–Crippen LogP) is 1.05. The maximum atomic E-state index is 5.58. The summed E-state index contributed by atoms with van der Waals surface area (Å²) in [5.74, 6) is 1.33. The SMILES string of the molecule is Cn1ccc(CCNc2cccc(N)n2)n1. The smallest absolute Gasteiger partial charge is 0.128 e. The first-order chi connectivity index (χ1) is 7.74. The molecule has 0 aliphatic heterocycles. The Morgan fingerprint density at radius 1 is 1.38 bits per heavy atom. The van der Waals surface area contributed by atoms with Gasteiger partial charge >= 0.3 is 0 Å². The number of pyridine rings is 1. The molecule has 2 rings (SSSR count). The van der Waals surface area contributed by atoms with Crippen molar-refractivity contribution in [3.63, 3.8) is 0 Å². The highest BCUT2D eigenvalue weighted by molar-refractivity contribution is 5.42. The molecular formula is C11H15N5. The Hall–Kier alpha value is -2.04. The van der Waals surface area contributed by atoms with Crippen molar-refractivity contribution in [2.24, 2.45) is 7.05 Å². The lowest BCUT2D eigenvalue weighted by atomic mass is 10.3.